The Hall–Kier alpha value is -5.35. The second kappa shape index (κ2) is 33.6. The van der Waals surface area contributed by atoms with Crippen molar-refractivity contribution in [2.24, 2.45) is 0 Å². The van der Waals surface area contributed by atoms with Crippen LogP contribution in [0.3, 0.4) is 0 Å². The van der Waals surface area contributed by atoms with E-state index in [4.69, 9.17) is 23.7 Å². The summed E-state index contributed by atoms with van der Waals surface area (Å²) < 4.78 is 205. The summed E-state index contributed by atoms with van der Waals surface area (Å²) in [5.74, 6) is 0.0646. The average molecular weight is 1490 g/mol. The Bertz CT molecular complexity index is 3500. The molecule has 0 saturated carbocycles. The summed E-state index contributed by atoms with van der Waals surface area (Å²) in [6.07, 6.45) is 2.65. The summed E-state index contributed by atoms with van der Waals surface area (Å²) >= 11 is 0. The van der Waals surface area contributed by atoms with Gasteiger partial charge in [0.15, 0.2) is 0 Å². The molecule has 20 nitrogen and oxygen atoms in total. The molecule has 0 spiro atoms. The van der Waals surface area contributed by atoms with E-state index in [9.17, 15) is 64.9 Å². The van der Waals surface area contributed by atoms with Gasteiger partial charge in [-0.05, 0) is 175 Å². The zero-order valence-corrected chi connectivity index (χ0v) is 65.4. The third kappa shape index (κ3) is 27.0. The van der Waals surface area contributed by atoms with Crippen molar-refractivity contribution in [1.82, 2.24) is 0 Å². The maximum absolute atomic E-state index is 12.1. The van der Waals surface area contributed by atoms with Gasteiger partial charge >= 0.3 is 0 Å². The number of ether oxygens (including phenoxy) is 5. The molecular weight excluding hydrogens is 1380 g/mol. The molecule has 5 N–H and O–H groups in total. The lowest BCUT2D eigenvalue weighted by Gasteiger charge is -2.29. The Morgan fingerprint density at radius 2 is 0.360 bits per heavy atom. The van der Waals surface area contributed by atoms with Gasteiger partial charge in [-0.25, -0.2) is 0 Å². The van der Waals surface area contributed by atoms with E-state index in [0.29, 0.717) is 28.7 Å². The van der Waals surface area contributed by atoms with Crippen molar-refractivity contribution in [2.75, 3.05) is 61.8 Å². The maximum atomic E-state index is 12.1. The van der Waals surface area contributed by atoms with E-state index in [0.717, 1.165) is 83.5 Å². The van der Waals surface area contributed by atoms with Crippen LogP contribution in [0.25, 0.3) is 0 Å². The zero-order chi connectivity index (χ0) is 74.8. The zero-order valence-electron chi connectivity index (χ0n) is 61.4. The highest BCUT2D eigenvalue weighted by Gasteiger charge is 2.31. The minimum atomic E-state index is -4.31. The van der Waals surface area contributed by atoms with Gasteiger partial charge in [-0.15, -0.1) is 0 Å². The third-order valence-electron chi connectivity index (χ3n) is 17.7. The van der Waals surface area contributed by atoms with E-state index in [1.807, 2.05) is 0 Å². The van der Waals surface area contributed by atoms with Crippen LogP contribution in [-0.4, -0.2) is 127 Å². The van der Waals surface area contributed by atoms with Crippen LogP contribution >= 0.6 is 0 Å². The lowest BCUT2D eigenvalue weighted by molar-refractivity contribution is 0.297. The summed E-state index contributed by atoms with van der Waals surface area (Å²) in [6, 6.07) is 21.1. The molecule has 0 fully saturated rings. The molecule has 1 aliphatic carbocycles. The quantitative estimate of drug-likeness (QED) is 0.0207. The fourth-order valence-electron chi connectivity index (χ4n) is 12.0. The summed E-state index contributed by atoms with van der Waals surface area (Å²) in [5, 5.41) is 0. The van der Waals surface area contributed by atoms with E-state index in [1.165, 1.54) is 0 Å². The number of hydrogen-bond donors (Lipinski definition) is 5. The summed E-state index contributed by atoms with van der Waals surface area (Å²) in [5.41, 5.74) is 9.71. The third-order valence-corrected chi connectivity index (χ3v) is 21.7. The number of fused-ring (bicyclic) bond motifs is 10. The minimum Gasteiger partial charge on any atom is -0.493 e. The van der Waals surface area contributed by atoms with Crippen molar-refractivity contribution in [3.05, 3.63) is 144 Å². The number of unbranched alkanes of at least 4 members (excludes halogenated alkanes) is 5. The standard InChI is InChI=1S/C75H110O20S5/c1-71(2,3)61-41-51-36-53-43-62(72(4,5)6)45-55(67(53)92-27-17-22-32-97(79,80)81)38-57-47-64(74(10,11)12)49-59(69(57)94-29-19-24-34-99(85,86)87)40-60-50-65(75(13,14)15)48-58(70(60)95-30-20-25-35-100(88,89)90)39-56-46-63(73(7,8)9)44-54(68(56)93-28-18-23-33-98(82,83)84)37-52(42-61)66(51)91-26-16-21-31-96(76,77)78/h41-50H,16-40H2,1-15H3,(H,76,77,78)(H,79,80,81)(H,82,83,84)(H,85,86,87)(H,88,89,90). The fourth-order valence-corrected chi connectivity index (χ4v) is 14.9. The van der Waals surface area contributed by atoms with Gasteiger partial charge in [0.25, 0.3) is 50.6 Å². The van der Waals surface area contributed by atoms with Crippen LogP contribution in [-0.2, 0) is 110 Å². The van der Waals surface area contributed by atoms with Gasteiger partial charge < -0.3 is 23.7 Å². The summed E-state index contributed by atoms with van der Waals surface area (Å²) in [6.45, 7) is 31.8. The molecule has 0 heterocycles. The van der Waals surface area contributed by atoms with Crippen LogP contribution in [0.5, 0.6) is 28.7 Å². The second-order valence-corrected chi connectivity index (χ2v) is 39.8. The van der Waals surface area contributed by atoms with E-state index in [2.05, 4.69) is 165 Å². The Morgan fingerprint density at radius 1 is 0.240 bits per heavy atom. The first-order valence-corrected chi connectivity index (χ1v) is 42.6. The molecule has 0 atom stereocenters. The van der Waals surface area contributed by atoms with E-state index in [1.54, 1.807) is 0 Å². The Kier molecular flexibility index (Phi) is 28.1. The van der Waals surface area contributed by atoms with E-state index >= 15 is 0 Å². The lowest BCUT2D eigenvalue weighted by Crippen LogP contribution is -2.18. The predicted octanol–water partition coefficient (Wildman–Crippen LogP) is 14.7. The van der Waals surface area contributed by atoms with Crippen molar-refractivity contribution >= 4 is 50.6 Å². The molecule has 5 aromatic carbocycles. The molecule has 560 valence electrons. The van der Waals surface area contributed by atoms with E-state index in [-0.39, 0.29) is 129 Å². The summed E-state index contributed by atoms with van der Waals surface area (Å²) in [7, 11) is -21.6. The first-order valence-electron chi connectivity index (χ1n) is 34.5. The molecule has 0 unspecified atom stereocenters. The number of benzene rings is 5. The summed E-state index contributed by atoms with van der Waals surface area (Å²) in [4.78, 5) is 0. The molecule has 25 heteroatoms. The monoisotopic (exact) mass is 1490 g/mol. The molecule has 0 saturated heterocycles. The van der Waals surface area contributed by atoms with Crippen LogP contribution in [0, 0.1) is 0 Å². The van der Waals surface area contributed by atoms with Crippen LogP contribution in [0.1, 0.15) is 252 Å². The SMILES string of the molecule is CC(C)(C)c1cc2c(OCCCCS(=O)(=O)O)c(c1)Cc1cc(C(C)(C)C)cc(c1OCCCCS(=O)(=O)O)Cc1cc(C(C)(C)C)cc(c1OCCCCS(=O)(=O)O)Cc1cc(C(C)(C)C)cc(c1OCCCCS(=O)(=O)O)Cc1cc(C(C)(C)C)cc(c1OCCCCS(=O)(=O)O)C2. The Morgan fingerprint density at radius 3 is 0.460 bits per heavy atom. The second-order valence-electron chi connectivity index (χ2n) is 32.0. The average Bonchev–Trinajstić information content (AvgIpc) is 0.769. The molecule has 100 heavy (non-hydrogen) atoms. The molecule has 0 radical (unpaired) electrons. The topological polar surface area (TPSA) is 318 Å². The van der Waals surface area contributed by atoms with Crippen molar-refractivity contribution in [3.8, 4) is 28.7 Å². The molecule has 10 bridgehead atoms. The highest BCUT2D eigenvalue weighted by Crippen LogP contribution is 2.46. The molecular formula is C75H110O20S5. The van der Waals surface area contributed by atoms with Crippen molar-refractivity contribution in [3.63, 3.8) is 0 Å². The minimum absolute atomic E-state index is 0.0370. The molecule has 0 aromatic heterocycles. The maximum Gasteiger partial charge on any atom is 0.264 e. The molecule has 5 aromatic rings. The van der Waals surface area contributed by atoms with Crippen molar-refractivity contribution in [1.29, 1.82) is 0 Å². The first-order chi connectivity index (χ1) is 45.8. The van der Waals surface area contributed by atoms with Crippen molar-refractivity contribution in [2.45, 2.75) is 227 Å². The smallest absolute Gasteiger partial charge is 0.264 e. The van der Waals surface area contributed by atoms with Gasteiger partial charge in [0, 0.05) is 32.1 Å². The Labute approximate surface area is 597 Å². The highest BCUT2D eigenvalue weighted by atomic mass is 32.2. The fraction of sp³-hybridized carbons (Fsp3) is 0.600. The largest absolute Gasteiger partial charge is 0.493 e. The van der Waals surface area contributed by atoms with Crippen molar-refractivity contribution < 1.29 is 88.5 Å². The number of hydrogen-bond acceptors (Lipinski definition) is 15. The normalized spacial score (nSPS) is 14.0. The van der Waals surface area contributed by atoms with Gasteiger partial charge in [0.2, 0.25) is 0 Å². The van der Waals surface area contributed by atoms with E-state index < -0.39 is 106 Å². The molecule has 6 rings (SSSR count). The molecule has 0 amide bonds. The molecule has 1 aliphatic rings. The number of rotatable bonds is 30. The van der Waals surface area contributed by atoms with Gasteiger partial charge in [-0.1, -0.05) is 165 Å². The van der Waals surface area contributed by atoms with Gasteiger partial charge in [-0.2, -0.15) is 42.1 Å². The van der Waals surface area contributed by atoms with Crippen LogP contribution in [0.2, 0.25) is 0 Å². The lowest BCUT2D eigenvalue weighted by atomic mass is 9.79. The van der Waals surface area contributed by atoms with Gasteiger partial charge in [0.1, 0.15) is 28.7 Å². The van der Waals surface area contributed by atoms with Crippen LogP contribution in [0.15, 0.2) is 60.7 Å². The van der Waals surface area contributed by atoms with Crippen LogP contribution in [0.4, 0.5) is 0 Å². The predicted molar refractivity (Wildman–Crippen MR) is 395 cm³/mol. The molecule has 0 aliphatic heterocycles. The van der Waals surface area contributed by atoms with Gasteiger partial charge in [-0.3, -0.25) is 22.8 Å². The van der Waals surface area contributed by atoms with Crippen LogP contribution < -0.4 is 23.7 Å². The Balaban J connectivity index is 1.89. The first kappa shape index (κ1) is 83.6. The highest BCUT2D eigenvalue weighted by molar-refractivity contribution is 7.86. The van der Waals surface area contributed by atoms with Gasteiger partial charge in [0.05, 0.1) is 61.8 Å².